The number of esters is 2. The number of allylic oxidation sites excluding steroid dienone is 1. The molecule has 0 aromatic heterocycles. The summed E-state index contributed by atoms with van der Waals surface area (Å²) < 4.78 is 32.2. The quantitative estimate of drug-likeness (QED) is 0.102. The molecule has 1 aliphatic heterocycles. The zero-order valence-electron chi connectivity index (χ0n) is 24.6. The van der Waals surface area contributed by atoms with Crippen molar-refractivity contribution in [2.24, 2.45) is 5.10 Å². The largest absolute Gasteiger partial charge is 0.493 e. The van der Waals surface area contributed by atoms with Crippen LogP contribution in [0, 0.1) is 0 Å². The number of hydrogen-bond donors (Lipinski definition) is 4. The Kier molecular flexibility index (Phi) is 12.0. The number of methoxy groups -OCH3 is 2. The first-order chi connectivity index (χ1) is 20.7. The Morgan fingerprint density at radius 2 is 1.86 bits per heavy atom. The maximum Gasteiger partial charge on any atom is 0.344 e. The Balaban J connectivity index is 1.69. The molecule has 0 unspecified atom stereocenters. The number of nitrogens with zero attached hydrogens (tertiary/aromatic N) is 1. The summed E-state index contributed by atoms with van der Waals surface area (Å²) in [4.78, 5) is 36.3. The smallest absolute Gasteiger partial charge is 0.344 e. The number of benzene rings is 2. The van der Waals surface area contributed by atoms with E-state index in [1.807, 2.05) is 0 Å². The number of aliphatic hydroxyl groups excluding tert-OH is 1. The zero-order valence-corrected chi connectivity index (χ0v) is 24.6. The fourth-order valence-electron chi connectivity index (χ4n) is 4.10. The summed E-state index contributed by atoms with van der Waals surface area (Å²) in [7, 11) is 2.73. The molecule has 14 nitrogen and oxygen atoms in total. The second kappa shape index (κ2) is 15.9. The molecule has 2 atom stereocenters. The highest BCUT2D eigenvalue weighted by Crippen LogP contribution is 2.35. The molecule has 0 saturated carbocycles. The molecule has 0 bridgehead atoms. The topological polar surface area (TPSA) is 175 Å². The molecule has 0 aliphatic carbocycles. The van der Waals surface area contributed by atoms with E-state index in [4.69, 9.17) is 28.4 Å². The van der Waals surface area contributed by atoms with Crippen molar-refractivity contribution in [3.05, 3.63) is 58.8 Å². The number of hydrazone groups is 1. The average Bonchev–Trinajstić information content (AvgIpc) is 2.99. The van der Waals surface area contributed by atoms with E-state index in [0.717, 1.165) is 0 Å². The van der Waals surface area contributed by atoms with Crippen LogP contribution in [0.2, 0.25) is 0 Å². The van der Waals surface area contributed by atoms with Gasteiger partial charge in [-0.05, 0) is 50.6 Å². The number of ether oxygens (including phenoxy) is 6. The van der Waals surface area contributed by atoms with E-state index in [9.17, 15) is 19.5 Å². The maximum absolute atomic E-state index is 12.4. The van der Waals surface area contributed by atoms with Gasteiger partial charge in [-0.25, -0.2) is 14.4 Å². The Labute approximate surface area is 248 Å². The normalized spacial score (nSPS) is 15.2. The van der Waals surface area contributed by atoms with Gasteiger partial charge in [0.25, 0.3) is 0 Å². The molecule has 2 aromatic rings. The number of carbonyl (C=O) groups is 3. The number of aliphatic hydroxyl groups is 1. The molecule has 0 saturated heterocycles. The molecule has 3 rings (SSSR count). The molecular weight excluding hydrogens is 564 g/mol. The highest BCUT2D eigenvalue weighted by molar-refractivity contribution is 5.95. The van der Waals surface area contributed by atoms with Crippen LogP contribution in [0.5, 0.6) is 23.0 Å². The zero-order chi connectivity index (χ0) is 31.4. The van der Waals surface area contributed by atoms with Gasteiger partial charge in [-0.1, -0.05) is 12.1 Å². The molecule has 1 heterocycles. The van der Waals surface area contributed by atoms with Crippen LogP contribution < -0.4 is 35.0 Å². The van der Waals surface area contributed by atoms with E-state index < -0.39 is 30.2 Å². The summed E-state index contributed by atoms with van der Waals surface area (Å²) in [6, 6.07) is 8.76. The molecule has 2 aromatic carbocycles. The van der Waals surface area contributed by atoms with Crippen molar-refractivity contribution in [2.75, 3.05) is 40.6 Å². The van der Waals surface area contributed by atoms with Crippen molar-refractivity contribution in [3.8, 4) is 23.0 Å². The Hall–Kier alpha value is -4.98. The van der Waals surface area contributed by atoms with Crippen LogP contribution in [-0.2, 0) is 19.1 Å². The monoisotopic (exact) mass is 600 g/mol. The van der Waals surface area contributed by atoms with Gasteiger partial charge in [-0.3, -0.25) is 5.43 Å². The van der Waals surface area contributed by atoms with E-state index in [2.05, 4.69) is 21.2 Å². The summed E-state index contributed by atoms with van der Waals surface area (Å²) in [6.07, 6.45) is 0.175. The van der Waals surface area contributed by atoms with Gasteiger partial charge in [0, 0.05) is 11.3 Å². The van der Waals surface area contributed by atoms with Crippen molar-refractivity contribution in [1.82, 2.24) is 16.1 Å². The van der Waals surface area contributed by atoms with Crippen molar-refractivity contribution in [3.63, 3.8) is 0 Å². The highest BCUT2D eigenvalue weighted by atomic mass is 16.6. The lowest BCUT2D eigenvalue weighted by molar-refractivity contribution is -0.145. The number of nitrogens with one attached hydrogen (secondary N) is 3. The minimum atomic E-state index is -1.22. The standard InChI is InChI=1S/C29H36N4O10/c1-6-40-22-13-18(26-25(28(36)39-5)17(3)31-29(37)32-26)11-12-20(22)42-15-23(34)33-30-14-19-9-8-10-21(38-4)27(19)43-16-24(35)41-7-2/h8-14,23,26,33-34H,6-7,15-16H2,1-5H3,(H2,31,32,37)/b30-14+/t23-,26+/m1/s1. The predicted molar refractivity (Wildman–Crippen MR) is 154 cm³/mol. The van der Waals surface area contributed by atoms with Gasteiger partial charge in [0.15, 0.2) is 35.8 Å². The Morgan fingerprint density at radius 1 is 1.07 bits per heavy atom. The van der Waals surface area contributed by atoms with Gasteiger partial charge < -0.3 is 44.2 Å². The van der Waals surface area contributed by atoms with Crippen LogP contribution in [-0.4, -0.2) is 76.2 Å². The number of rotatable bonds is 15. The molecule has 0 fully saturated rings. The third-order valence-corrected chi connectivity index (χ3v) is 5.97. The van der Waals surface area contributed by atoms with Crippen molar-refractivity contribution >= 4 is 24.2 Å². The Bertz CT molecular complexity index is 1360. The SMILES string of the molecule is CCOC(=O)COc1c(/C=N/N[C@H](O)COc2ccc([C@@H]3NC(=O)NC(C)=C3C(=O)OC)cc2OCC)cccc1OC. The molecular formula is C29H36N4O10. The second-order valence-corrected chi connectivity index (χ2v) is 8.89. The second-order valence-electron chi connectivity index (χ2n) is 8.89. The number of carbonyl (C=O) groups excluding carboxylic acids is 3. The molecule has 2 amide bonds. The lowest BCUT2D eigenvalue weighted by atomic mass is 9.95. The molecule has 1 aliphatic rings. The van der Waals surface area contributed by atoms with E-state index in [0.29, 0.717) is 40.7 Å². The van der Waals surface area contributed by atoms with Gasteiger partial charge in [0.2, 0.25) is 0 Å². The van der Waals surface area contributed by atoms with Gasteiger partial charge in [0.05, 0.1) is 45.3 Å². The van der Waals surface area contributed by atoms with Crippen LogP contribution >= 0.6 is 0 Å². The maximum atomic E-state index is 12.4. The predicted octanol–water partition coefficient (Wildman–Crippen LogP) is 2.16. The number of amides is 2. The summed E-state index contributed by atoms with van der Waals surface area (Å²) in [5.74, 6) is 0.203. The van der Waals surface area contributed by atoms with E-state index >= 15 is 0 Å². The van der Waals surface area contributed by atoms with Gasteiger partial charge in [-0.2, -0.15) is 5.10 Å². The van der Waals surface area contributed by atoms with Crippen molar-refractivity contribution < 1.29 is 47.9 Å². The van der Waals surface area contributed by atoms with E-state index in [-0.39, 0.29) is 31.1 Å². The third-order valence-electron chi connectivity index (χ3n) is 5.97. The molecule has 14 heteroatoms. The van der Waals surface area contributed by atoms with Crippen LogP contribution in [0.25, 0.3) is 0 Å². The molecule has 0 spiro atoms. The molecule has 43 heavy (non-hydrogen) atoms. The fraction of sp³-hybridized carbons (Fsp3) is 0.379. The third kappa shape index (κ3) is 8.75. The Morgan fingerprint density at radius 3 is 2.56 bits per heavy atom. The van der Waals surface area contributed by atoms with Crippen molar-refractivity contribution in [2.45, 2.75) is 33.0 Å². The van der Waals surface area contributed by atoms with Crippen LogP contribution in [0.3, 0.4) is 0 Å². The fourth-order valence-corrected chi connectivity index (χ4v) is 4.10. The summed E-state index contributed by atoms with van der Waals surface area (Å²) in [6.45, 7) is 5.11. The minimum Gasteiger partial charge on any atom is -0.493 e. The lowest BCUT2D eigenvalue weighted by Gasteiger charge is -2.28. The van der Waals surface area contributed by atoms with Gasteiger partial charge in [-0.15, -0.1) is 0 Å². The van der Waals surface area contributed by atoms with Crippen LogP contribution in [0.15, 0.2) is 52.8 Å². The van der Waals surface area contributed by atoms with Crippen LogP contribution in [0.1, 0.15) is 37.9 Å². The summed E-state index contributed by atoms with van der Waals surface area (Å²) in [5.41, 5.74) is 4.23. The average molecular weight is 601 g/mol. The van der Waals surface area contributed by atoms with Crippen molar-refractivity contribution in [1.29, 1.82) is 0 Å². The molecule has 232 valence electrons. The van der Waals surface area contributed by atoms with E-state index in [1.165, 1.54) is 20.4 Å². The first-order valence-electron chi connectivity index (χ1n) is 13.4. The molecule has 0 radical (unpaired) electrons. The van der Waals surface area contributed by atoms with Gasteiger partial charge in [0.1, 0.15) is 6.61 Å². The summed E-state index contributed by atoms with van der Waals surface area (Å²) in [5, 5.41) is 19.8. The first kappa shape index (κ1) is 32.5. The highest BCUT2D eigenvalue weighted by Gasteiger charge is 2.32. The summed E-state index contributed by atoms with van der Waals surface area (Å²) >= 11 is 0. The number of hydrogen-bond acceptors (Lipinski definition) is 12. The van der Waals surface area contributed by atoms with Gasteiger partial charge >= 0.3 is 18.0 Å². The number of para-hydroxylation sites is 1. The lowest BCUT2D eigenvalue weighted by Crippen LogP contribution is -2.45. The molecule has 4 N–H and O–H groups in total. The first-order valence-corrected chi connectivity index (χ1v) is 13.4. The van der Waals surface area contributed by atoms with E-state index in [1.54, 1.807) is 57.2 Å². The number of urea groups is 1. The minimum absolute atomic E-state index is 0.211. The van der Waals surface area contributed by atoms with Crippen LogP contribution in [0.4, 0.5) is 4.79 Å².